The summed E-state index contributed by atoms with van der Waals surface area (Å²) >= 11 is 0. The molecule has 0 spiro atoms. The van der Waals surface area contributed by atoms with E-state index in [4.69, 9.17) is 4.74 Å². The van der Waals surface area contributed by atoms with Gasteiger partial charge in [0, 0.05) is 5.56 Å². The molecule has 0 aromatic heterocycles. The molecule has 0 amide bonds. The molecule has 0 saturated heterocycles. The monoisotopic (exact) mass is 296 g/mol. The first-order valence-electron chi connectivity index (χ1n) is 6.30. The van der Waals surface area contributed by atoms with Gasteiger partial charge in [0.1, 0.15) is 5.75 Å². The van der Waals surface area contributed by atoms with Gasteiger partial charge in [0.15, 0.2) is 0 Å². The molecule has 112 valence electrons. The lowest BCUT2D eigenvalue weighted by Crippen LogP contribution is -2.43. The number of hydrogen-bond donors (Lipinski definition) is 1. The van der Waals surface area contributed by atoms with Crippen LogP contribution in [-0.2, 0) is 5.60 Å². The van der Waals surface area contributed by atoms with Gasteiger partial charge in [-0.3, -0.25) is 0 Å². The molecule has 0 fully saturated rings. The summed E-state index contributed by atoms with van der Waals surface area (Å²) in [6.07, 6.45) is -4.85. The average Bonchev–Trinajstić information content (AvgIpc) is 2.45. The van der Waals surface area contributed by atoms with Crippen molar-refractivity contribution in [2.24, 2.45) is 0 Å². The molecule has 1 atom stereocenters. The predicted molar refractivity (Wildman–Crippen MR) is 73.2 cm³/mol. The van der Waals surface area contributed by atoms with Gasteiger partial charge in [-0.1, -0.05) is 42.0 Å². The van der Waals surface area contributed by atoms with Crippen LogP contribution in [0.5, 0.6) is 5.75 Å². The molecular formula is C16H15F3O2. The first kappa shape index (κ1) is 15.4. The number of benzene rings is 2. The Balaban J connectivity index is 2.68. The van der Waals surface area contributed by atoms with E-state index in [-0.39, 0.29) is 16.9 Å². The minimum Gasteiger partial charge on any atom is -0.497 e. The van der Waals surface area contributed by atoms with E-state index < -0.39 is 11.8 Å². The fourth-order valence-electron chi connectivity index (χ4n) is 2.21. The molecular weight excluding hydrogens is 281 g/mol. The van der Waals surface area contributed by atoms with Crippen molar-refractivity contribution in [1.29, 1.82) is 0 Å². The van der Waals surface area contributed by atoms with Crippen LogP contribution >= 0.6 is 0 Å². The Labute approximate surface area is 120 Å². The second kappa shape index (κ2) is 5.41. The zero-order valence-corrected chi connectivity index (χ0v) is 11.6. The van der Waals surface area contributed by atoms with Crippen LogP contribution in [0.25, 0.3) is 0 Å². The summed E-state index contributed by atoms with van der Waals surface area (Å²) in [7, 11) is 1.36. The average molecular weight is 296 g/mol. The third-order valence-corrected chi connectivity index (χ3v) is 3.33. The number of aryl methyl sites for hydroxylation is 1. The quantitative estimate of drug-likeness (QED) is 0.933. The molecule has 0 aliphatic heterocycles. The van der Waals surface area contributed by atoms with Crippen molar-refractivity contribution in [1.82, 2.24) is 0 Å². The molecule has 0 heterocycles. The number of aliphatic hydroxyl groups is 1. The molecule has 0 aliphatic rings. The van der Waals surface area contributed by atoms with Gasteiger partial charge >= 0.3 is 6.18 Å². The maximum atomic E-state index is 13.6. The van der Waals surface area contributed by atoms with E-state index in [1.165, 1.54) is 49.6 Å². The van der Waals surface area contributed by atoms with E-state index >= 15 is 0 Å². The van der Waals surface area contributed by atoms with Gasteiger partial charge < -0.3 is 9.84 Å². The number of rotatable bonds is 3. The van der Waals surface area contributed by atoms with Crippen LogP contribution in [0.4, 0.5) is 13.2 Å². The highest BCUT2D eigenvalue weighted by Gasteiger charge is 2.56. The predicted octanol–water partition coefficient (Wildman–Crippen LogP) is 3.80. The van der Waals surface area contributed by atoms with Crippen LogP contribution in [0.15, 0.2) is 48.5 Å². The van der Waals surface area contributed by atoms with Gasteiger partial charge in [-0.05, 0) is 24.6 Å². The summed E-state index contributed by atoms with van der Waals surface area (Å²) < 4.78 is 45.6. The van der Waals surface area contributed by atoms with Crippen LogP contribution in [0.2, 0.25) is 0 Å². The van der Waals surface area contributed by atoms with E-state index in [0.29, 0.717) is 5.56 Å². The standard InChI is InChI=1S/C16H15F3O2/c1-11-5-3-6-12(9-11)15(20,16(17,18)19)13-7-4-8-14(10-13)21-2/h3-10,20H,1-2H3. The summed E-state index contributed by atoms with van der Waals surface area (Å²) in [5.41, 5.74) is -2.94. The van der Waals surface area contributed by atoms with Gasteiger partial charge in [-0.2, -0.15) is 13.2 Å². The Bertz CT molecular complexity index is 637. The van der Waals surface area contributed by atoms with Crippen LogP contribution < -0.4 is 4.74 Å². The minimum absolute atomic E-state index is 0.219. The Morgan fingerprint density at radius 2 is 1.52 bits per heavy atom. The van der Waals surface area contributed by atoms with Crippen molar-refractivity contribution in [2.45, 2.75) is 18.7 Å². The maximum Gasteiger partial charge on any atom is 0.425 e. The molecule has 1 unspecified atom stereocenters. The van der Waals surface area contributed by atoms with Gasteiger partial charge in [0.2, 0.25) is 5.60 Å². The van der Waals surface area contributed by atoms with Crippen LogP contribution in [0.1, 0.15) is 16.7 Å². The highest BCUT2D eigenvalue weighted by molar-refractivity contribution is 5.42. The highest BCUT2D eigenvalue weighted by atomic mass is 19.4. The molecule has 2 nitrogen and oxygen atoms in total. The first-order valence-corrected chi connectivity index (χ1v) is 6.30. The van der Waals surface area contributed by atoms with Crippen LogP contribution in [0, 0.1) is 6.92 Å². The summed E-state index contributed by atoms with van der Waals surface area (Å²) in [6.45, 7) is 1.67. The topological polar surface area (TPSA) is 29.5 Å². The van der Waals surface area contributed by atoms with E-state index in [0.717, 1.165) is 0 Å². The molecule has 0 saturated carbocycles. The molecule has 0 bridgehead atoms. The zero-order chi connectivity index (χ0) is 15.7. The fourth-order valence-corrected chi connectivity index (χ4v) is 2.21. The van der Waals surface area contributed by atoms with E-state index in [1.54, 1.807) is 13.0 Å². The first-order chi connectivity index (χ1) is 9.79. The number of ether oxygens (including phenoxy) is 1. The molecule has 1 N–H and O–H groups in total. The number of alkyl halides is 3. The number of hydrogen-bond acceptors (Lipinski definition) is 2. The Morgan fingerprint density at radius 1 is 0.952 bits per heavy atom. The van der Waals surface area contributed by atoms with Gasteiger partial charge in [-0.25, -0.2) is 0 Å². The van der Waals surface area contributed by atoms with Gasteiger partial charge in [-0.15, -0.1) is 0 Å². The molecule has 0 radical (unpaired) electrons. The lowest BCUT2D eigenvalue weighted by atomic mass is 9.85. The third-order valence-electron chi connectivity index (χ3n) is 3.33. The smallest absolute Gasteiger partial charge is 0.425 e. The zero-order valence-electron chi connectivity index (χ0n) is 11.6. The lowest BCUT2D eigenvalue weighted by molar-refractivity contribution is -0.248. The Morgan fingerprint density at radius 3 is 2.05 bits per heavy atom. The fraction of sp³-hybridized carbons (Fsp3) is 0.250. The Hall–Kier alpha value is -2.01. The largest absolute Gasteiger partial charge is 0.497 e. The van der Waals surface area contributed by atoms with Gasteiger partial charge in [0.05, 0.1) is 7.11 Å². The highest BCUT2D eigenvalue weighted by Crippen LogP contribution is 2.44. The van der Waals surface area contributed by atoms with Crippen molar-refractivity contribution >= 4 is 0 Å². The summed E-state index contributed by atoms with van der Waals surface area (Å²) in [5.74, 6) is 0.253. The molecule has 0 aliphatic carbocycles. The van der Waals surface area contributed by atoms with Crippen molar-refractivity contribution in [2.75, 3.05) is 7.11 Å². The summed E-state index contributed by atoms with van der Waals surface area (Å²) in [4.78, 5) is 0. The van der Waals surface area contributed by atoms with Crippen molar-refractivity contribution < 1.29 is 23.0 Å². The molecule has 2 rings (SSSR count). The second-order valence-corrected chi connectivity index (χ2v) is 4.81. The second-order valence-electron chi connectivity index (χ2n) is 4.81. The maximum absolute atomic E-state index is 13.6. The van der Waals surface area contributed by atoms with Crippen LogP contribution in [0.3, 0.4) is 0 Å². The number of halogens is 3. The van der Waals surface area contributed by atoms with Crippen LogP contribution in [-0.4, -0.2) is 18.4 Å². The Kier molecular flexibility index (Phi) is 3.96. The minimum atomic E-state index is -4.85. The summed E-state index contributed by atoms with van der Waals surface area (Å²) in [5, 5.41) is 10.5. The van der Waals surface area contributed by atoms with E-state index in [1.807, 2.05) is 0 Å². The van der Waals surface area contributed by atoms with Crippen molar-refractivity contribution in [3.8, 4) is 5.75 Å². The van der Waals surface area contributed by atoms with E-state index in [2.05, 4.69) is 0 Å². The van der Waals surface area contributed by atoms with Crippen molar-refractivity contribution in [3.05, 3.63) is 65.2 Å². The lowest BCUT2D eigenvalue weighted by Gasteiger charge is -2.32. The molecule has 2 aromatic carbocycles. The van der Waals surface area contributed by atoms with Crippen molar-refractivity contribution in [3.63, 3.8) is 0 Å². The molecule has 2 aromatic rings. The molecule has 21 heavy (non-hydrogen) atoms. The normalized spacial score (nSPS) is 14.6. The molecule has 5 heteroatoms. The van der Waals surface area contributed by atoms with E-state index in [9.17, 15) is 18.3 Å². The summed E-state index contributed by atoms with van der Waals surface area (Å²) in [6, 6.07) is 11.1. The van der Waals surface area contributed by atoms with Gasteiger partial charge in [0.25, 0.3) is 0 Å². The number of methoxy groups -OCH3 is 1. The SMILES string of the molecule is COc1cccc(C(O)(c2cccc(C)c2)C(F)(F)F)c1. The third kappa shape index (κ3) is 2.74.